The molecule has 4 aromatic rings. The van der Waals surface area contributed by atoms with Gasteiger partial charge < -0.3 is 29.9 Å². The van der Waals surface area contributed by atoms with Crippen LogP contribution < -0.4 is 21.6 Å². The second-order valence-corrected chi connectivity index (χ2v) is 12.2. The van der Waals surface area contributed by atoms with Gasteiger partial charge in [0.2, 0.25) is 17.7 Å². The normalized spacial score (nSPS) is 12.7. The second-order valence-electron chi connectivity index (χ2n) is 11.8. The first kappa shape index (κ1) is 34.2. The van der Waals surface area contributed by atoms with E-state index in [-0.39, 0.29) is 43.7 Å². The molecule has 0 saturated heterocycles. The monoisotopic (exact) mass is 651 g/mol. The number of benzene rings is 2. The summed E-state index contributed by atoms with van der Waals surface area (Å²) in [6.45, 7) is 9.19. The summed E-state index contributed by atoms with van der Waals surface area (Å²) in [5.74, 6) is -2.18. The van der Waals surface area contributed by atoms with E-state index in [9.17, 15) is 24.0 Å². The Bertz CT molecular complexity index is 1840. The molecule has 46 heavy (non-hydrogen) atoms. The van der Waals surface area contributed by atoms with E-state index in [1.165, 1.54) is 0 Å². The number of nitrogens with one attached hydrogen (secondary N) is 3. The van der Waals surface area contributed by atoms with Crippen LogP contribution in [-0.2, 0) is 32.0 Å². The minimum Gasteiger partial charge on any atom is -0.481 e. The highest BCUT2D eigenvalue weighted by molar-refractivity contribution is 6.30. The Morgan fingerprint density at radius 2 is 1.54 bits per heavy atom. The van der Waals surface area contributed by atoms with Crippen LogP contribution in [0.1, 0.15) is 54.7 Å². The average Bonchev–Trinajstić information content (AvgIpc) is 3.27. The highest BCUT2D eigenvalue weighted by atomic mass is 35.5. The van der Waals surface area contributed by atoms with Crippen molar-refractivity contribution in [3.05, 3.63) is 79.9 Å². The third-order valence-corrected chi connectivity index (χ3v) is 8.29. The SMILES string of the molecule is Cc1oc2cc3oc(=O)c(CC(=O)N[C@@H](Cc4ccc(Cl)cc4)C(=O)N[C@@H](C(=O)NCCCC(=O)O)C(C)C)c(C)c3cc2c1C. The minimum atomic E-state index is -1.10. The molecule has 0 radical (unpaired) electrons. The summed E-state index contributed by atoms with van der Waals surface area (Å²) in [7, 11) is 0. The van der Waals surface area contributed by atoms with Crippen molar-refractivity contribution in [3.63, 3.8) is 0 Å². The summed E-state index contributed by atoms with van der Waals surface area (Å²) in [5, 5.41) is 19.0. The maximum atomic E-state index is 13.6. The molecule has 244 valence electrons. The van der Waals surface area contributed by atoms with E-state index in [0.29, 0.717) is 32.7 Å². The fourth-order valence-corrected chi connectivity index (χ4v) is 5.38. The van der Waals surface area contributed by atoms with Gasteiger partial charge in [0.15, 0.2) is 0 Å². The fraction of sp³-hybridized carbons (Fsp3) is 0.382. The largest absolute Gasteiger partial charge is 0.481 e. The third kappa shape index (κ3) is 8.14. The van der Waals surface area contributed by atoms with Gasteiger partial charge in [0, 0.05) is 41.2 Å². The number of furan rings is 1. The molecule has 12 heteroatoms. The van der Waals surface area contributed by atoms with Crippen LogP contribution in [0.3, 0.4) is 0 Å². The Kier molecular flexibility index (Phi) is 10.9. The predicted octanol–water partition coefficient (Wildman–Crippen LogP) is 4.51. The zero-order chi connectivity index (χ0) is 33.7. The van der Waals surface area contributed by atoms with Gasteiger partial charge >= 0.3 is 11.6 Å². The number of aliphatic carboxylic acids is 1. The first-order valence-corrected chi connectivity index (χ1v) is 15.4. The number of carboxylic acid groups (broad SMARTS) is 1. The van der Waals surface area contributed by atoms with Gasteiger partial charge in [-0.1, -0.05) is 37.6 Å². The molecule has 0 fully saturated rings. The van der Waals surface area contributed by atoms with Crippen molar-refractivity contribution in [2.24, 2.45) is 5.92 Å². The molecule has 0 unspecified atom stereocenters. The lowest BCUT2D eigenvalue weighted by Crippen LogP contribution is -2.56. The standard InChI is InChI=1S/C34H38ClN3O8/c1-17(2)31(33(43)36-12-6-7-30(40)41)38-32(42)26(13-21-8-10-22(35)11-9-21)37-29(39)15-25-19(4)24-14-23-18(3)20(5)45-27(23)16-28(24)46-34(25)44/h8-11,14,16-17,26,31H,6-7,12-13,15H2,1-5H3,(H,36,43)(H,37,39)(H,38,42)(H,40,41)/t26-,31+/m0/s1. The minimum absolute atomic E-state index is 0.0855. The van der Waals surface area contributed by atoms with Crippen molar-refractivity contribution in [3.8, 4) is 0 Å². The molecule has 3 amide bonds. The smallest absolute Gasteiger partial charge is 0.340 e. The molecule has 2 atom stereocenters. The van der Waals surface area contributed by atoms with E-state index in [1.54, 1.807) is 51.1 Å². The Labute approximate surface area is 270 Å². The van der Waals surface area contributed by atoms with Gasteiger partial charge in [-0.3, -0.25) is 19.2 Å². The van der Waals surface area contributed by atoms with Crippen molar-refractivity contribution in [2.45, 2.75) is 72.4 Å². The van der Waals surface area contributed by atoms with Crippen molar-refractivity contribution >= 4 is 57.2 Å². The van der Waals surface area contributed by atoms with E-state index in [1.807, 2.05) is 19.9 Å². The van der Waals surface area contributed by atoms with Gasteiger partial charge in [-0.25, -0.2) is 4.79 Å². The maximum absolute atomic E-state index is 13.6. The van der Waals surface area contributed by atoms with Crippen LogP contribution in [0, 0.1) is 26.7 Å². The van der Waals surface area contributed by atoms with E-state index >= 15 is 0 Å². The lowest BCUT2D eigenvalue weighted by molar-refractivity contribution is -0.137. The van der Waals surface area contributed by atoms with Crippen LogP contribution in [0.15, 0.2) is 50.0 Å². The lowest BCUT2D eigenvalue weighted by atomic mass is 9.99. The van der Waals surface area contributed by atoms with Crippen molar-refractivity contribution in [1.29, 1.82) is 0 Å². The molecule has 4 N–H and O–H groups in total. The van der Waals surface area contributed by atoms with Gasteiger partial charge in [0.05, 0.1) is 12.0 Å². The number of rotatable bonds is 13. The van der Waals surface area contributed by atoms with Crippen LogP contribution >= 0.6 is 11.6 Å². The topological polar surface area (TPSA) is 168 Å². The Morgan fingerprint density at radius 3 is 2.20 bits per heavy atom. The van der Waals surface area contributed by atoms with E-state index in [2.05, 4.69) is 16.0 Å². The van der Waals surface area contributed by atoms with E-state index in [4.69, 9.17) is 25.5 Å². The lowest BCUT2D eigenvalue weighted by Gasteiger charge is -2.25. The summed E-state index contributed by atoms with van der Waals surface area (Å²) in [4.78, 5) is 63.8. The second kappa shape index (κ2) is 14.6. The summed E-state index contributed by atoms with van der Waals surface area (Å²) in [5.41, 5.74) is 2.69. The zero-order valence-corrected chi connectivity index (χ0v) is 27.2. The molecule has 0 aliphatic heterocycles. The number of fused-ring (bicyclic) bond motifs is 2. The molecular formula is C34H38ClN3O8. The summed E-state index contributed by atoms with van der Waals surface area (Å²) >= 11 is 6.04. The number of amides is 3. The first-order valence-electron chi connectivity index (χ1n) is 15.0. The summed E-state index contributed by atoms with van der Waals surface area (Å²) in [6.07, 6.45) is -0.116. The molecule has 0 aliphatic carbocycles. The number of carbonyl (C=O) groups excluding carboxylic acids is 3. The van der Waals surface area contributed by atoms with Crippen LogP contribution in [0.5, 0.6) is 0 Å². The first-order chi connectivity index (χ1) is 21.7. The van der Waals surface area contributed by atoms with Crippen LogP contribution in [0.4, 0.5) is 0 Å². The quantitative estimate of drug-likeness (QED) is 0.121. The van der Waals surface area contributed by atoms with Crippen molar-refractivity contribution in [1.82, 2.24) is 16.0 Å². The van der Waals surface area contributed by atoms with E-state index in [0.717, 1.165) is 16.7 Å². The molecule has 0 aliphatic rings. The predicted molar refractivity (Wildman–Crippen MR) is 174 cm³/mol. The van der Waals surface area contributed by atoms with Crippen molar-refractivity contribution in [2.75, 3.05) is 6.54 Å². The molecule has 2 aromatic carbocycles. The number of aryl methyl sites for hydroxylation is 3. The third-order valence-electron chi connectivity index (χ3n) is 8.04. The Morgan fingerprint density at radius 1 is 0.891 bits per heavy atom. The van der Waals surface area contributed by atoms with Gasteiger partial charge in [0.1, 0.15) is 29.0 Å². The molecule has 11 nitrogen and oxygen atoms in total. The molecular weight excluding hydrogens is 614 g/mol. The van der Waals surface area contributed by atoms with Crippen LogP contribution in [-0.4, -0.2) is 47.4 Å². The number of carboxylic acids is 1. The molecule has 0 bridgehead atoms. The van der Waals surface area contributed by atoms with E-state index < -0.39 is 41.4 Å². The summed E-state index contributed by atoms with van der Waals surface area (Å²) in [6, 6.07) is 8.30. The molecule has 2 aromatic heterocycles. The van der Waals surface area contributed by atoms with Crippen LogP contribution in [0.2, 0.25) is 5.02 Å². The molecule has 2 heterocycles. The van der Waals surface area contributed by atoms with Crippen LogP contribution in [0.25, 0.3) is 21.9 Å². The number of halogens is 1. The van der Waals surface area contributed by atoms with Gasteiger partial charge in [-0.15, -0.1) is 0 Å². The average molecular weight is 652 g/mol. The number of hydrogen-bond donors (Lipinski definition) is 4. The molecule has 4 rings (SSSR count). The fourth-order valence-electron chi connectivity index (χ4n) is 5.25. The molecule has 0 spiro atoms. The Hall–Kier alpha value is -4.64. The maximum Gasteiger partial charge on any atom is 0.340 e. The van der Waals surface area contributed by atoms with Gasteiger partial charge in [-0.05, 0) is 68.0 Å². The zero-order valence-electron chi connectivity index (χ0n) is 26.4. The van der Waals surface area contributed by atoms with Gasteiger partial charge in [-0.2, -0.15) is 0 Å². The summed E-state index contributed by atoms with van der Waals surface area (Å²) < 4.78 is 11.4. The highest BCUT2D eigenvalue weighted by Crippen LogP contribution is 2.31. The molecule has 0 saturated carbocycles. The van der Waals surface area contributed by atoms with Gasteiger partial charge in [0.25, 0.3) is 0 Å². The number of carbonyl (C=O) groups is 4. The number of hydrogen-bond acceptors (Lipinski definition) is 7. The Balaban J connectivity index is 1.56. The highest BCUT2D eigenvalue weighted by Gasteiger charge is 2.29. The van der Waals surface area contributed by atoms with Crippen molar-refractivity contribution < 1.29 is 33.1 Å².